The highest BCUT2D eigenvalue weighted by Crippen LogP contribution is 2.23. The number of carbonyl (C=O) groups is 1. The number of amides is 1. The fourth-order valence-corrected chi connectivity index (χ4v) is 2.71. The van der Waals surface area contributed by atoms with E-state index in [0.717, 1.165) is 5.56 Å². The molecule has 23 heavy (non-hydrogen) atoms. The van der Waals surface area contributed by atoms with E-state index in [-0.39, 0.29) is 18.5 Å². The lowest BCUT2D eigenvalue weighted by Gasteiger charge is -2.22. The molecule has 0 aliphatic rings. The second-order valence-electron chi connectivity index (χ2n) is 5.55. The van der Waals surface area contributed by atoms with Crippen LogP contribution in [0.15, 0.2) is 42.6 Å². The average molecular weight is 352 g/mol. The molecule has 0 saturated heterocycles. The van der Waals surface area contributed by atoms with Gasteiger partial charge in [-0.15, -0.1) is 0 Å². The van der Waals surface area contributed by atoms with Crippen LogP contribution >= 0.6 is 23.2 Å². The van der Waals surface area contributed by atoms with Crippen molar-refractivity contribution in [3.8, 4) is 0 Å². The minimum Gasteiger partial charge on any atom is -0.308 e. The van der Waals surface area contributed by atoms with Crippen LogP contribution in [0, 0.1) is 5.92 Å². The smallest absolute Gasteiger partial charge is 0.239 e. The van der Waals surface area contributed by atoms with Gasteiger partial charge in [0, 0.05) is 12.2 Å². The van der Waals surface area contributed by atoms with Gasteiger partial charge in [0.05, 0.1) is 16.6 Å². The first-order chi connectivity index (χ1) is 11.0. The van der Waals surface area contributed by atoms with Crippen LogP contribution in [-0.4, -0.2) is 17.4 Å². The number of benzene rings is 1. The molecule has 0 radical (unpaired) electrons. The summed E-state index contributed by atoms with van der Waals surface area (Å²) in [5.41, 5.74) is 1.15. The van der Waals surface area contributed by atoms with Gasteiger partial charge >= 0.3 is 0 Å². The van der Waals surface area contributed by atoms with Crippen molar-refractivity contribution in [2.45, 2.75) is 19.9 Å². The Bertz CT molecular complexity index is 662. The Kier molecular flexibility index (Phi) is 6.39. The van der Waals surface area contributed by atoms with Gasteiger partial charge < -0.3 is 10.6 Å². The summed E-state index contributed by atoms with van der Waals surface area (Å²) in [6, 6.07) is 11.7. The number of rotatable bonds is 6. The maximum Gasteiger partial charge on any atom is 0.239 e. The van der Waals surface area contributed by atoms with Gasteiger partial charge in [0.15, 0.2) is 5.82 Å². The Balaban J connectivity index is 1.97. The minimum atomic E-state index is -0.205. The predicted molar refractivity (Wildman–Crippen MR) is 94.9 cm³/mol. The molecule has 0 saturated carbocycles. The molecule has 2 aromatic rings. The number of nitrogens with one attached hydrogen (secondary N) is 2. The highest BCUT2D eigenvalue weighted by molar-refractivity contribution is 6.36. The predicted octanol–water partition coefficient (Wildman–Crippen LogP) is 4.31. The first-order valence-electron chi connectivity index (χ1n) is 7.36. The largest absolute Gasteiger partial charge is 0.308 e. The Morgan fingerprint density at radius 2 is 1.91 bits per heavy atom. The standard InChI is InChI=1S/C17H19Cl2N3O/c1-11(2)16(12-6-4-3-5-7-12)20-10-15(23)22-17-14(19)8-13(18)9-21-17/h3-9,11,16,20H,10H2,1-2H3,(H,21,22,23)/t16-/m1/s1. The van der Waals surface area contributed by atoms with Crippen LogP contribution in [-0.2, 0) is 4.79 Å². The minimum absolute atomic E-state index is 0.0931. The summed E-state index contributed by atoms with van der Waals surface area (Å²) in [5, 5.41) is 6.70. The van der Waals surface area contributed by atoms with Crippen molar-refractivity contribution in [2.24, 2.45) is 5.92 Å². The molecule has 0 unspecified atom stereocenters. The summed E-state index contributed by atoms with van der Waals surface area (Å²) in [7, 11) is 0. The van der Waals surface area contributed by atoms with E-state index in [9.17, 15) is 4.79 Å². The van der Waals surface area contributed by atoms with Gasteiger partial charge in [0.25, 0.3) is 0 Å². The van der Waals surface area contributed by atoms with Gasteiger partial charge in [-0.25, -0.2) is 4.98 Å². The van der Waals surface area contributed by atoms with Gasteiger partial charge in [0.1, 0.15) is 0 Å². The lowest BCUT2D eigenvalue weighted by Crippen LogP contribution is -2.33. The number of aromatic nitrogens is 1. The Morgan fingerprint density at radius 3 is 2.52 bits per heavy atom. The van der Waals surface area contributed by atoms with Crippen LogP contribution in [0.5, 0.6) is 0 Å². The van der Waals surface area contributed by atoms with Crippen molar-refractivity contribution in [1.82, 2.24) is 10.3 Å². The zero-order chi connectivity index (χ0) is 16.8. The number of carbonyl (C=O) groups excluding carboxylic acids is 1. The number of hydrogen-bond donors (Lipinski definition) is 2. The first kappa shape index (κ1) is 17.7. The molecule has 0 spiro atoms. The van der Waals surface area contributed by atoms with Crippen molar-refractivity contribution in [2.75, 3.05) is 11.9 Å². The molecule has 2 N–H and O–H groups in total. The molecule has 2 rings (SSSR count). The molecule has 1 atom stereocenters. The highest BCUT2D eigenvalue weighted by Gasteiger charge is 2.16. The molecular formula is C17H19Cl2N3O. The molecule has 0 fully saturated rings. The van der Waals surface area contributed by atoms with E-state index in [1.54, 1.807) is 6.07 Å². The van der Waals surface area contributed by atoms with Crippen molar-refractivity contribution in [3.05, 3.63) is 58.2 Å². The molecule has 1 aromatic heterocycles. The number of pyridine rings is 1. The third kappa shape index (κ3) is 5.20. The van der Waals surface area contributed by atoms with Gasteiger partial charge in [-0.05, 0) is 17.5 Å². The van der Waals surface area contributed by atoms with Crippen molar-refractivity contribution < 1.29 is 4.79 Å². The van der Waals surface area contributed by atoms with Crippen LogP contribution in [0.4, 0.5) is 5.82 Å². The lowest BCUT2D eigenvalue weighted by atomic mass is 9.96. The molecule has 1 heterocycles. The second-order valence-corrected chi connectivity index (χ2v) is 6.39. The molecule has 0 aliphatic heterocycles. The lowest BCUT2D eigenvalue weighted by molar-refractivity contribution is -0.115. The van der Waals surface area contributed by atoms with E-state index in [4.69, 9.17) is 23.2 Å². The van der Waals surface area contributed by atoms with E-state index in [1.165, 1.54) is 6.20 Å². The number of anilines is 1. The molecule has 6 heteroatoms. The van der Waals surface area contributed by atoms with Crippen molar-refractivity contribution >= 4 is 34.9 Å². The summed E-state index contributed by atoms with van der Waals surface area (Å²) in [6.07, 6.45) is 1.44. The maximum absolute atomic E-state index is 12.1. The Hall–Kier alpha value is -1.62. The zero-order valence-corrected chi connectivity index (χ0v) is 14.5. The quantitative estimate of drug-likeness (QED) is 0.814. The number of halogens is 2. The first-order valence-corrected chi connectivity index (χ1v) is 8.12. The van der Waals surface area contributed by atoms with E-state index in [0.29, 0.717) is 21.8 Å². The van der Waals surface area contributed by atoms with E-state index in [1.807, 2.05) is 30.3 Å². The summed E-state index contributed by atoms with van der Waals surface area (Å²) in [4.78, 5) is 16.1. The van der Waals surface area contributed by atoms with Crippen molar-refractivity contribution in [3.63, 3.8) is 0 Å². The molecule has 122 valence electrons. The summed E-state index contributed by atoms with van der Waals surface area (Å²) in [5.74, 6) is 0.453. The summed E-state index contributed by atoms with van der Waals surface area (Å²) >= 11 is 11.8. The van der Waals surface area contributed by atoms with Crippen LogP contribution < -0.4 is 10.6 Å². The third-order valence-electron chi connectivity index (χ3n) is 3.37. The Morgan fingerprint density at radius 1 is 1.22 bits per heavy atom. The van der Waals surface area contributed by atoms with E-state index >= 15 is 0 Å². The molecule has 4 nitrogen and oxygen atoms in total. The molecule has 0 bridgehead atoms. The van der Waals surface area contributed by atoms with Crippen LogP contribution in [0.2, 0.25) is 10.0 Å². The molecule has 1 amide bonds. The van der Waals surface area contributed by atoms with E-state index in [2.05, 4.69) is 29.5 Å². The number of hydrogen-bond acceptors (Lipinski definition) is 3. The van der Waals surface area contributed by atoms with Gasteiger partial charge in [-0.1, -0.05) is 67.4 Å². The van der Waals surface area contributed by atoms with Crippen LogP contribution in [0.3, 0.4) is 0 Å². The zero-order valence-electron chi connectivity index (χ0n) is 13.0. The summed E-state index contributed by atoms with van der Waals surface area (Å²) in [6.45, 7) is 4.39. The third-order valence-corrected chi connectivity index (χ3v) is 3.87. The fraction of sp³-hybridized carbons (Fsp3) is 0.294. The van der Waals surface area contributed by atoms with Crippen molar-refractivity contribution in [1.29, 1.82) is 0 Å². The second kappa shape index (κ2) is 8.29. The normalized spacial score (nSPS) is 12.2. The molecular weight excluding hydrogens is 333 g/mol. The SMILES string of the molecule is CC(C)[C@@H](NCC(=O)Nc1ncc(Cl)cc1Cl)c1ccccc1. The van der Waals surface area contributed by atoms with Gasteiger partial charge in [0.2, 0.25) is 5.91 Å². The fourth-order valence-electron chi connectivity index (χ4n) is 2.28. The van der Waals surface area contributed by atoms with Crippen LogP contribution in [0.1, 0.15) is 25.5 Å². The highest BCUT2D eigenvalue weighted by atomic mass is 35.5. The Labute approximate surface area is 146 Å². The maximum atomic E-state index is 12.1. The van der Waals surface area contributed by atoms with Gasteiger partial charge in [-0.2, -0.15) is 0 Å². The monoisotopic (exact) mass is 351 g/mol. The summed E-state index contributed by atoms with van der Waals surface area (Å²) < 4.78 is 0. The average Bonchev–Trinajstić information content (AvgIpc) is 2.51. The van der Waals surface area contributed by atoms with Gasteiger partial charge in [-0.3, -0.25) is 4.79 Å². The van der Waals surface area contributed by atoms with Crippen LogP contribution in [0.25, 0.3) is 0 Å². The molecule has 0 aliphatic carbocycles. The van der Waals surface area contributed by atoms with E-state index < -0.39 is 0 Å². The topological polar surface area (TPSA) is 54.0 Å². The molecule has 1 aromatic carbocycles. The number of nitrogens with zero attached hydrogens (tertiary/aromatic N) is 1.